The lowest BCUT2D eigenvalue weighted by Gasteiger charge is -2.09. The van der Waals surface area contributed by atoms with Crippen LogP contribution in [0.1, 0.15) is 5.56 Å². The third-order valence-electron chi connectivity index (χ3n) is 3.68. The molecule has 0 aliphatic heterocycles. The Kier molecular flexibility index (Phi) is 3.75. The number of ether oxygens (including phenoxy) is 1. The van der Waals surface area contributed by atoms with Crippen molar-refractivity contribution in [3.05, 3.63) is 52.4 Å². The van der Waals surface area contributed by atoms with E-state index in [0.29, 0.717) is 5.39 Å². The van der Waals surface area contributed by atoms with E-state index in [2.05, 4.69) is 4.74 Å². The maximum Gasteiger partial charge on any atom is 0.339 e. The lowest BCUT2D eigenvalue weighted by molar-refractivity contribution is -0.150. The van der Waals surface area contributed by atoms with Crippen molar-refractivity contribution in [2.45, 2.75) is 12.5 Å². The molecule has 0 spiro atoms. The minimum absolute atomic E-state index is 0.0741. The molecular weight excluding hydrogens is 300 g/mol. The van der Waals surface area contributed by atoms with Crippen LogP contribution in [0.15, 0.2) is 45.6 Å². The number of phenolic OH excluding ortho intramolecular Hbond substituents is 1. The molecule has 3 aromatic rings. The smallest absolute Gasteiger partial charge is 0.339 e. The number of phenols is 1. The van der Waals surface area contributed by atoms with Crippen molar-refractivity contribution in [3.63, 3.8) is 0 Å². The van der Waals surface area contributed by atoms with Gasteiger partial charge in [-0.3, -0.25) is 0 Å². The molecule has 0 aliphatic rings. The summed E-state index contributed by atoms with van der Waals surface area (Å²) in [7, 11) is 1.15. The fraction of sp³-hybridized carbons (Fsp3) is 0.176. The first kappa shape index (κ1) is 15.1. The molecule has 0 unspecified atom stereocenters. The second kappa shape index (κ2) is 5.73. The van der Waals surface area contributed by atoms with Crippen LogP contribution in [0.25, 0.3) is 21.7 Å². The maximum atomic E-state index is 12.0. The van der Waals surface area contributed by atoms with Gasteiger partial charge in [-0.05, 0) is 22.9 Å². The number of fused-ring (bicyclic) bond motifs is 3. The number of benzene rings is 2. The fourth-order valence-electron chi connectivity index (χ4n) is 2.55. The number of aliphatic hydroxyl groups excluding tert-OH is 1. The van der Waals surface area contributed by atoms with Gasteiger partial charge in [-0.2, -0.15) is 0 Å². The Hall–Kier alpha value is -2.86. The topological polar surface area (TPSA) is 97.0 Å². The van der Waals surface area contributed by atoms with Crippen LogP contribution >= 0.6 is 0 Å². The molecule has 6 heteroatoms. The van der Waals surface area contributed by atoms with Gasteiger partial charge in [0.1, 0.15) is 0 Å². The predicted octanol–water partition coefficient (Wildman–Crippen LogP) is 1.73. The van der Waals surface area contributed by atoms with E-state index >= 15 is 0 Å². The Bertz CT molecular complexity index is 956. The van der Waals surface area contributed by atoms with E-state index in [1.165, 1.54) is 12.1 Å². The molecule has 3 rings (SSSR count). The number of methoxy groups -OCH3 is 1. The summed E-state index contributed by atoms with van der Waals surface area (Å²) in [6.07, 6.45) is -1.68. The van der Waals surface area contributed by atoms with E-state index in [0.717, 1.165) is 17.9 Å². The number of carbonyl (C=O) groups is 1. The molecule has 2 aromatic carbocycles. The highest BCUT2D eigenvalue weighted by Gasteiger charge is 2.20. The quantitative estimate of drug-likeness (QED) is 0.434. The zero-order chi connectivity index (χ0) is 16.6. The zero-order valence-electron chi connectivity index (χ0n) is 12.3. The molecule has 2 N–H and O–H groups in total. The fourth-order valence-corrected chi connectivity index (χ4v) is 2.55. The number of aliphatic hydroxyl groups is 1. The normalized spacial score (nSPS) is 12.4. The highest BCUT2D eigenvalue weighted by atomic mass is 16.5. The van der Waals surface area contributed by atoms with Crippen LogP contribution in [0, 0.1) is 0 Å². The molecule has 118 valence electrons. The third kappa shape index (κ3) is 2.64. The number of aromatic hydroxyl groups is 1. The molecule has 1 aromatic heterocycles. The molecule has 0 saturated heterocycles. The van der Waals surface area contributed by atoms with Crippen LogP contribution in [0.3, 0.4) is 0 Å². The summed E-state index contributed by atoms with van der Waals surface area (Å²) in [5.74, 6) is -0.971. The Morgan fingerprint density at radius 3 is 2.74 bits per heavy atom. The standard InChI is InChI=1S/C17H14O6/c1-22-17(21)14(19)8-10-6-12-11-5-3-2-4-9(11)7-13(18)15(12)23-16(10)20/h2-7,14,18-19H,8H2,1H3/t14-/m0/s1. The van der Waals surface area contributed by atoms with E-state index < -0.39 is 17.7 Å². The van der Waals surface area contributed by atoms with Crippen molar-refractivity contribution in [3.8, 4) is 5.75 Å². The molecular formula is C17H14O6. The highest BCUT2D eigenvalue weighted by molar-refractivity contribution is 6.08. The van der Waals surface area contributed by atoms with Gasteiger partial charge in [-0.1, -0.05) is 24.3 Å². The Morgan fingerprint density at radius 2 is 2.00 bits per heavy atom. The van der Waals surface area contributed by atoms with Gasteiger partial charge >= 0.3 is 11.6 Å². The monoisotopic (exact) mass is 314 g/mol. The van der Waals surface area contributed by atoms with Gasteiger partial charge < -0.3 is 19.4 Å². The number of carbonyl (C=O) groups excluding carboxylic acids is 1. The van der Waals surface area contributed by atoms with Gasteiger partial charge in [0.25, 0.3) is 0 Å². The summed E-state index contributed by atoms with van der Waals surface area (Å²) in [6, 6.07) is 10.3. The van der Waals surface area contributed by atoms with Crippen LogP contribution in [0.5, 0.6) is 5.75 Å². The van der Waals surface area contributed by atoms with E-state index in [1.807, 2.05) is 24.3 Å². The largest absolute Gasteiger partial charge is 0.504 e. The number of rotatable bonds is 3. The molecule has 1 atom stereocenters. The second-order valence-electron chi connectivity index (χ2n) is 5.16. The molecule has 0 saturated carbocycles. The molecule has 23 heavy (non-hydrogen) atoms. The van der Waals surface area contributed by atoms with Crippen molar-refractivity contribution in [2.75, 3.05) is 7.11 Å². The summed E-state index contributed by atoms with van der Waals surface area (Å²) in [6.45, 7) is 0. The molecule has 6 nitrogen and oxygen atoms in total. The molecule has 0 amide bonds. The van der Waals surface area contributed by atoms with Crippen molar-refractivity contribution < 1.29 is 24.2 Å². The molecule has 0 fully saturated rings. The van der Waals surface area contributed by atoms with Crippen molar-refractivity contribution >= 4 is 27.7 Å². The van der Waals surface area contributed by atoms with Gasteiger partial charge in [-0.15, -0.1) is 0 Å². The third-order valence-corrected chi connectivity index (χ3v) is 3.68. The summed E-state index contributed by atoms with van der Waals surface area (Å²) in [4.78, 5) is 23.3. The summed E-state index contributed by atoms with van der Waals surface area (Å²) in [5, 5.41) is 21.9. The van der Waals surface area contributed by atoms with Crippen LogP contribution < -0.4 is 5.63 Å². The average molecular weight is 314 g/mol. The van der Waals surface area contributed by atoms with Gasteiger partial charge in [0.05, 0.1) is 7.11 Å². The Balaban J connectivity index is 2.21. The summed E-state index contributed by atoms with van der Waals surface area (Å²) < 4.78 is 9.62. The summed E-state index contributed by atoms with van der Waals surface area (Å²) in [5.41, 5.74) is -0.512. The SMILES string of the molecule is COC(=O)[C@@H](O)Cc1cc2c(oc1=O)c(O)cc1ccccc12. The first-order valence-electron chi connectivity index (χ1n) is 6.94. The maximum absolute atomic E-state index is 12.0. The number of hydrogen-bond acceptors (Lipinski definition) is 6. The zero-order valence-corrected chi connectivity index (χ0v) is 12.3. The van der Waals surface area contributed by atoms with Gasteiger partial charge in [-0.25, -0.2) is 9.59 Å². The van der Waals surface area contributed by atoms with E-state index in [4.69, 9.17) is 4.42 Å². The lowest BCUT2D eigenvalue weighted by atomic mass is 10.0. The first-order valence-corrected chi connectivity index (χ1v) is 6.94. The highest BCUT2D eigenvalue weighted by Crippen LogP contribution is 2.32. The minimum Gasteiger partial charge on any atom is -0.504 e. The molecule has 0 aliphatic carbocycles. The summed E-state index contributed by atoms with van der Waals surface area (Å²) >= 11 is 0. The lowest BCUT2D eigenvalue weighted by Crippen LogP contribution is -2.26. The Labute approximate surface area is 130 Å². The predicted molar refractivity (Wildman–Crippen MR) is 83.4 cm³/mol. The van der Waals surface area contributed by atoms with E-state index in [1.54, 1.807) is 0 Å². The number of esters is 1. The molecule has 1 heterocycles. The van der Waals surface area contributed by atoms with Gasteiger partial charge in [0, 0.05) is 17.4 Å². The Morgan fingerprint density at radius 1 is 1.26 bits per heavy atom. The van der Waals surface area contributed by atoms with Gasteiger partial charge in [0.2, 0.25) is 0 Å². The first-order chi connectivity index (χ1) is 11.0. The van der Waals surface area contributed by atoms with Crippen LogP contribution in [-0.2, 0) is 16.0 Å². The van der Waals surface area contributed by atoms with Crippen molar-refractivity contribution in [1.82, 2.24) is 0 Å². The van der Waals surface area contributed by atoms with Crippen molar-refractivity contribution in [1.29, 1.82) is 0 Å². The van der Waals surface area contributed by atoms with Crippen LogP contribution in [0.4, 0.5) is 0 Å². The van der Waals surface area contributed by atoms with Crippen molar-refractivity contribution in [2.24, 2.45) is 0 Å². The van der Waals surface area contributed by atoms with E-state index in [-0.39, 0.29) is 23.3 Å². The number of hydrogen-bond donors (Lipinski definition) is 2. The van der Waals surface area contributed by atoms with Gasteiger partial charge in [0.15, 0.2) is 17.4 Å². The molecule has 0 bridgehead atoms. The van der Waals surface area contributed by atoms with E-state index in [9.17, 15) is 19.8 Å². The molecule has 0 radical (unpaired) electrons. The average Bonchev–Trinajstić information content (AvgIpc) is 2.55. The minimum atomic E-state index is -1.45. The van der Waals surface area contributed by atoms with Crippen LogP contribution in [0.2, 0.25) is 0 Å². The van der Waals surface area contributed by atoms with Crippen LogP contribution in [-0.4, -0.2) is 29.4 Å². The second-order valence-corrected chi connectivity index (χ2v) is 5.16.